The Kier molecular flexibility index (Phi) is 4.62. The highest BCUT2D eigenvalue weighted by Gasteiger charge is 2.24. The van der Waals surface area contributed by atoms with E-state index in [4.69, 9.17) is 9.57 Å². The lowest BCUT2D eigenvalue weighted by Crippen LogP contribution is -2.48. The molecular weight excluding hydrogens is 220 g/mol. The fourth-order valence-corrected chi connectivity index (χ4v) is 2.38. The average molecular weight is 242 g/mol. The van der Waals surface area contributed by atoms with Crippen molar-refractivity contribution in [3.63, 3.8) is 0 Å². The van der Waals surface area contributed by atoms with E-state index in [0.717, 1.165) is 45.3 Å². The molecule has 0 aromatic heterocycles. The standard InChI is InChI=1S/C12H22N2O3/c1-10-6-2-4-8-14(10)12(15)13-17-11-7-3-5-9-16-11/h10-11H,2-9H2,1H3,(H,13,15)/t10-,11-/m0/s1. The third-order valence-corrected chi connectivity index (χ3v) is 3.48. The Bertz CT molecular complexity index is 254. The predicted octanol–water partition coefficient (Wildman–Crippen LogP) is 2.03. The van der Waals surface area contributed by atoms with Crippen LogP contribution in [-0.2, 0) is 9.57 Å². The number of piperidine rings is 1. The zero-order valence-corrected chi connectivity index (χ0v) is 10.5. The summed E-state index contributed by atoms with van der Waals surface area (Å²) in [6.45, 7) is 3.62. The summed E-state index contributed by atoms with van der Waals surface area (Å²) in [6.07, 6.45) is 6.13. The van der Waals surface area contributed by atoms with Crippen molar-refractivity contribution in [1.82, 2.24) is 10.4 Å². The zero-order valence-electron chi connectivity index (χ0n) is 10.5. The van der Waals surface area contributed by atoms with E-state index >= 15 is 0 Å². The van der Waals surface area contributed by atoms with Crippen LogP contribution in [0.2, 0.25) is 0 Å². The van der Waals surface area contributed by atoms with E-state index in [1.807, 2.05) is 4.90 Å². The number of nitrogens with zero attached hydrogens (tertiary/aromatic N) is 1. The maximum Gasteiger partial charge on any atom is 0.341 e. The molecule has 2 amide bonds. The smallest absolute Gasteiger partial charge is 0.341 e. The average Bonchev–Trinajstić information content (AvgIpc) is 2.38. The van der Waals surface area contributed by atoms with Crippen LogP contribution < -0.4 is 5.48 Å². The lowest BCUT2D eigenvalue weighted by atomic mass is 10.0. The Hall–Kier alpha value is -0.810. The minimum absolute atomic E-state index is 0.133. The largest absolute Gasteiger partial charge is 0.350 e. The Morgan fingerprint density at radius 1 is 1.29 bits per heavy atom. The van der Waals surface area contributed by atoms with Crippen molar-refractivity contribution in [1.29, 1.82) is 0 Å². The summed E-state index contributed by atoms with van der Waals surface area (Å²) in [5.74, 6) is 0. The van der Waals surface area contributed by atoms with Gasteiger partial charge in [-0.25, -0.2) is 15.1 Å². The van der Waals surface area contributed by atoms with Gasteiger partial charge in [0.1, 0.15) is 0 Å². The molecule has 0 aromatic carbocycles. The van der Waals surface area contributed by atoms with Crippen LogP contribution in [0.5, 0.6) is 0 Å². The number of carbonyl (C=O) groups excluding carboxylic acids is 1. The molecule has 0 spiro atoms. The number of carbonyl (C=O) groups is 1. The third-order valence-electron chi connectivity index (χ3n) is 3.48. The van der Waals surface area contributed by atoms with Crippen molar-refractivity contribution < 1.29 is 14.4 Å². The van der Waals surface area contributed by atoms with E-state index in [2.05, 4.69) is 12.4 Å². The number of urea groups is 1. The van der Waals surface area contributed by atoms with Crippen molar-refractivity contribution in [3.8, 4) is 0 Å². The Morgan fingerprint density at radius 3 is 2.82 bits per heavy atom. The van der Waals surface area contributed by atoms with E-state index in [9.17, 15) is 4.79 Å². The van der Waals surface area contributed by atoms with Crippen molar-refractivity contribution in [2.75, 3.05) is 13.2 Å². The summed E-state index contributed by atoms with van der Waals surface area (Å²) in [5.41, 5.74) is 2.51. The number of nitrogens with one attached hydrogen (secondary N) is 1. The molecule has 0 bridgehead atoms. The van der Waals surface area contributed by atoms with Crippen LogP contribution in [0.15, 0.2) is 0 Å². The molecule has 0 radical (unpaired) electrons. The Balaban J connectivity index is 1.72. The van der Waals surface area contributed by atoms with E-state index in [1.165, 1.54) is 6.42 Å². The van der Waals surface area contributed by atoms with Crippen LogP contribution in [-0.4, -0.2) is 36.4 Å². The number of amides is 2. The van der Waals surface area contributed by atoms with Gasteiger partial charge in [-0.3, -0.25) is 0 Å². The second-order valence-electron chi connectivity index (χ2n) is 4.86. The maximum atomic E-state index is 11.9. The number of hydrogen-bond donors (Lipinski definition) is 1. The Morgan fingerprint density at radius 2 is 2.12 bits per heavy atom. The van der Waals surface area contributed by atoms with Gasteiger partial charge in [-0.05, 0) is 39.0 Å². The summed E-state index contributed by atoms with van der Waals surface area (Å²) in [5, 5.41) is 0. The van der Waals surface area contributed by atoms with Crippen molar-refractivity contribution in [3.05, 3.63) is 0 Å². The molecule has 2 aliphatic heterocycles. The summed E-state index contributed by atoms with van der Waals surface area (Å²) < 4.78 is 5.39. The highest BCUT2D eigenvalue weighted by atomic mass is 16.8. The van der Waals surface area contributed by atoms with Gasteiger partial charge in [0.05, 0.1) is 0 Å². The van der Waals surface area contributed by atoms with Gasteiger partial charge in [-0.2, -0.15) is 0 Å². The highest BCUT2D eigenvalue weighted by molar-refractivity contribution is 5.73. The SMILES string of the molecule is C[C@H]1CCCCN1C(=O)NO[C@H]1CCCCO1. The van der Waals surface area contributed by atoms with Gasteiger partial charge in [0.15, 0.2) is 6.29 Å². The first-order valence-electron chi connectivity index (χ1n) is 6.61. The lowest BCUT2D eigenvalue weighted by Gasteiger charge is -2.33. The summed E-state index contributed by atoms with van der Waals surface area (Å²) in [7, 11) is 0. The highest BCUT2D eigenvalue weighted by Crippen LogP contribution is 2.17. The molecule has 2 aliphatic rings. The normalized spacial score (nSPS) is 30.1. The molecule has 2 fully saturated rings. The second kappa shape index (κ2) is 6.21. The molecule has 98 valence electrons. The van der Waals surface area contributed by atoms with Crippen molar-refractivity contribution in [2.24, 2.45) is 0 Å². The number of ether oxygens (including phenoxy) is 1. The minimum atomic E-state index is -0.271. The van der Waals surface area contributed by atoms with Gasteiger partial charge in [0, 0.05) is 25.6 Å². The maximum absolute atomic E-state index is 11.9. The van der Waals surface area contributed by atoms with Crippen molar-refractivity contribution in [2.45, 2.75) is 57.8 Å². The van der Waals surface area contributed by atoms with Gasteiger partial charge in [-0.1, -0.05) is 0 Å². The molecule has 5 nitrogen and oxygen atoms in total. The van der Waals surface area contributed by atoms with Crippen LogP contribution in [0, 0.1) is 0 Å². The molecule has 2 heterocycles. The summed E-state index contributed by atoms with van der Waals surface area (Å²) in [6, 6.07) is 0.172. The molecule has 2 rings (SSSR count). The quantitative estimate of drug-likeness (QED) is 0.754. The van der Waals surface area contributed by atoms with E-state index in [-0.39, 0.29) is 12.3 Å². The molecule has 5 heteroatoms. The van der Waals surface area contributed by atoms with E-state index in [0.29, 0.717) is 6.04 Å². The molecule has 17 heavy (non-hydrogen) atoms. The topological polar surface area (TPSA) is 50.8 Å². The number of likely N-dealkylation sites (tertiary alicyclic amines) is 1. The third kappa shape index (κ3) is 3.57. The van der Waals surface area contributed by atoms with E-state index < -0.39 is 0 Å². The van der Waals surface area contributed by atoms with Crippen molar-refractivity contribution >= 4 is 6.03 Å². The fraction of sp³-hybridized carbons (Fsp3) is 0.917. The van der Waals surface area contributed by atoms with Gasteiger partial charge in [-0.15, -0.1) is 0 Å². The molecule has 0 unspecified atom stereocenters. The molecule has 0 saturated carbocycles. The first-order chi connectivity index (χ1) is 8.27. The summed E-state index contributed by atoms with van der Waals surface area (Å²) >= 11 is 0. The molecule has 1 N–H and O–H groups in total. The van der Waals surface area contributed by atoms with Gasteiger partial charge in [0.25, 0.3) is 0 Å². The zero-order chi connectivity index (χ0) is 12.1. The van der Waals surface area contributed by atoms with Crippen LogP contribution in [0.25, 0.3) is 0 Å². The van der Waals surface area contributed by atoms with Crippen LogP contribution in [0.3, 0.4) is 0 Å². The molecule has 2 atom stereocenters. The van der Waals surface area contributed by atoms with E-state index in [1.54, 1.807) is 0 Å². The molecule has 2 saturated heterocycles. The summed E-state index contributed by atoms with van der Waals surface area (Å²) in [4.78, 5) is 19.0. The van der Waals surface area contributed by atoms with Crippen LogP contribution in [0.4, 0.5) is 4.79 Å². The first-order valence-corrected chi connectivity index (χ1v) is 6.61. The number of hydroxylamine groups is 1. The first kappa shape index (κ1) is 12.6. The van der Waals surface area contributed by atoms with Crippen LogP contribution in [0.1, 0.15) is 45.4 Å². The van der Waals surface area contributed by atoms with Crippen LogP contribution >= 0.6 is 0 Å². The number of rotatable bonds is 2. The number of hydrogen-bond acceptors (Lipinski definition) is 3. The molecular formula is C12H22N2O3. The molecule has 0 aliphatic carbocycles. The monoisotopic (exact) mass is 242 g/mol. The lowest BCUT2D eigenvalue weighted by molar-refractivity contribution is -0.188. The minimum Gasteiger partial charge on any atom is -0.350 e. The fourth-order valence-electron chi connectivity index (χ4n) is 2.38. The van der Waals surface area contributed by atoms with Gasteiger partial charge < -0.3 is 9.64 Å². The molecule has 0 aromatic rings. The Labute approximate surface area is 102 Å². The van der Waals surface area contributed by atoms with Gasteiger partial charge in [0.2, 0.25) is 0 Å². The second-order valence-corrected chi connectivity index (χ2v) is 4.86. The van der Waals surface area contributed by atoms with Gasteiger partial charge >= 0.3 is 6.03 Å². The predicted molar refractivity (Wildman–Crippen MR) is 63.2 cm³/mol.